The number of rotatable bonds is 3. The first kappa shape index (κ1) is 12.3. The van der Waals surface area contributed by atoms with Crippen molar-refractivity contribution in [3.05, 3.63) is 56.8 Å². The van der Waals surface area contributed by atoms with Crippen molar-refractivity contribution >= 4 is 11.3 Å². The zero-order chi connectivity index (χ0) is 12.4. The molecule has 2 nitrogen and oxygen atoms in total. The van der Waals surface area contributed by atoms with Crippen LogP contribution in [0.25, 0.3) is 0 Å². The van der Waals surface area contributed by atoms with E-state index in [9.17, 15) is 0 Å². The van der Waals surface area contributed by atoms with E-state index in [1.54, 1.807) is 11.3 Å². The minimum Gasteiger partial charge on any atom is -0.271 e. The summed E-state index contributed by atoms with van der Waals surface area (Å²) in [6.45, 7) is 6.42. The van der Waals surface area contributed by atoms with E-state index >= 15 is 0 Å². The van der Waals surface area contributed by atoms with Crippen molar-refractivity contribution in [2.45, 2.75) is 26.8 Å². The topological polar surface area (TPSA) is 38.0 Å². The van der Waals surface area contributed by atoms with Crippen LogP contribution in [-0.4, -0.2) is 0 Å². The smallest absolute Gasteiger partial charge is 0.0720 e. The molecule has 1 aromatic carbocycles. The van der Waals surface area contributed by atoms with Crippen molar-refractivity contribution in [3.63, 3.8) is 0 Å². The third-order valence-electron chi connectivity index (χ3n) is 3.24. The van der Waals surface area contributed by atoms with Gasteiger partial charge in [-0.25, -0.2) is 5.43 Å². The Labute approximate surface area is 106 Å². The second-order valence-electron chi connectivity index (χ2n) is 4.45. The predicted octanol–water partition coefficient (Wildman–Crippen LogP) is 3.23. The Kier molecular flexibility index (Phi) is 3.62. The highest BCUT2D eigenvalue weighted by atomic mass is 32.1. The number of hydrogen-bond acceptors (Lipinski definition) is 3. The van der Waals surface area contributed by atoms with Gasteiger partial charge in [0.05, 0.1) is 6.04 Å². The molecule has 2 aromatic rings. The molecule has 0 saturated carbocycles. The molecule has 1 atom stereocenters. The molecule has 0 aliphatic rings. The summed E-state index contributed by atoms with van der Waals surface area (Å²) >= 11 is 1.70. The number of nitrogens with two attached hydrogens (primary N) is 1. The molecule has 0 aliphatic carbocycles. The Bertz CT molecular complexity index is 503. The molecule has 0 bridgehead atoms. The monoisotopic (exact) mass is 246 g/mol. The lowest BCUT2D eigenvalue weighted by molar-refractivity contribution is 0.635. The summed E-state index contributed by atoms with van der Waals surface area (Å²) in [4.78, 5) is 0. The number of aryl methyl sites for hydroxylation is 3. The molecule has 0 radical (unpaired) electrons. The van der Waals surface area contributed by atoms with Crippen LogP contribution in [0.3, 0.4) is 0 Å². The summed E-state index contributed by atoms with van der Waals surface area (Å²) in [6.07, 6.45) is 0. The van der Waals surface area contributed by atoms with Crippen LogP contribution in [0.4, 0.5) is 0 Å². The molecule has 0 amide bonds. The molecule has 1 heterocycles. The van der Waals surface area contributed by atoms with Crippen LogP contribution in [0.2, 0.25) is 0 Å². The molecule has 17 heavy (non-hydrogen) atoms. The first-order valence-corrected chi connectivity index (χ1v) is 6.63. The van der Waals surface area contributed by atoms with Crippen molar-refractivity contribution in [3.8, 4) is 0 Å². The average molecular weight is 246 g/mol. The second-order valence-corrected chi connectivity index (χ2v) is 5.23. The summed E-state index contributed by atoms with van der Waals surface area (Å²) in [5.74, 6) is 5.71. The fourth-order valence-electron chi connectivity index (χ4n) is 2.10. The number of thiophene rings is 1. The minimum absolute atomic E-state index is 0.0838. The van der Waals surface area contributed by atoms with Crippen molar-refractivity contribution in [2.75, 3.05) is 0 Å². The van der Waals surface area contributed by atoms with Gasteiger partial charge >= 0.3 is 0 Å². The predicted molar refractivity (Wildman–Crippen MR) is 74.1 cm³/mol. The Morgan fingerprint density at radius 1 is 1.12 bits per heavy atom. The lowest BCUT2D eigenvalue weighted by Gasteiger charge is -2.19. The first-order chi connectivity index (χ1) is 8.13. The van der Waals surface area contributed by atoms with E-state index in [4.69, 9.17) is 5.84 Å². The lowest BCUT2D eigenvalue weighted by Crippen LogP contribution is -2.29. The molecular formula is C14H18N2S. The number of hydrazine groups is 1. The Hall–Kier alpha value is -1.16. The molecular weight excluding hydrogens is 228 g/mol. The fraction of sp³-hybridized carbons (Fsp3) is 0.286. The first-order valence-electron chi connectivity index (χ1n) is 5.69. The van der Waals surface area contributed by atoms with Crippen molar-refractivity contribution in [1.29, 1.82) is 0 Å². The van der Waals surface area contributed by atoms with Gasteiger partial charge < -0.3 is 0 Å². The van der Waals surface area contributed by atoms with Gasteiger partial charge in [0.25, 0.3) is 0 Å². The standard InChI is InChI=1S/C14H18N2S/c1-9-6-11(3)13(7-10(9)2)14(16-15)12-4-5-17-8-12/h4-8,14,16H,15H2,1-3H3. The van der Waals surface area contributed by atoms with E-state index in [2.05, 4.69) is 55.2 Å². The molecule has 3 heteroatoms. The third kappa shape index (κ3) is 2.41. The third-order valence-corrected chi connectivity index (χ3v) is 3.94. The number of nitrogens with one attached hydrogen (secondary N) is 1. The van der Waals surface area contributed by atoms with Gasteiger partial charge in [0.2, 0.25) is 0 Å². The molecule has 0 fully saturated rings. The quantitative estimate of drug-likeness (QED) is 0.644. The molecule has 0 spiro atoms. The van der Waals surface area contributed by atoms with Gasteiger partial charge in [-0.15, -0.1) is 0 Å². The van der Waals surface area contributed by atoms with Gasteiger partial charge in [0, 0.05) is 0 Å². The second kappa shape index (κ2) is 5.00. The van der Waals surface area contributed by atoms with E-state index in [0.717, 1.165) is 0 Å². The van der Waals surface area contributed by atoms with Gasteiger partial charge in [-0.05, 0) is 65.4 Å². The molecule has 1 unspecified atom stereocenters. The summed E-state index contributed by atoms with van der Waals surface area (Å²) in [6, 6.07) is 6.65. The molecule has 3 N–H and O–H groups in total. The highest BCUT2D eigenvalue weighted by Gasteiger charge is 2.15. The lowest BCUT2D eigenvalue weighted by atomic mass is 9.93. The highest BCUT2D eigenvalue weighted by molar-refractivity contribution is 7.08. The minimum atomic E-state index is 0.0838. The van der Waals surface area contributed by atoms with Gasteiger partial charge in [0.15, 0.2) is 0 Å². The molecule has 1 aromatic heterocycles. The normalized spacial score (nSPS) is 12.7. The number of hydrogen-bond donors (Lipinski definition) is 2. The zero-order valence-electron chi connectivity index (χ0n) is 10.4. The molecule has 2 rings (SSSR count). The van der Waals surface area contributed by atoms with Crippen LogP contribution in [-0.2, 0) is 0 Å². The van der Waals surface area contributed by atoms with E-state index in [1.165, 1.54) is 27.8 Å². The van der Waals surface area contributed by atoms with Crippen LogP contribution in [0, 0.1) is 20.8 Å². The summed E-state index contributed by atoms with van der Waals surface area (Å²) in [5.41, 5.74) is 9.31. The largest absolute Gasteiger partial charge is 0.271 e. The Morgan fingerprint density at radius 3 is 2.41 bits per heavy atom. The van der Waals surface area contributed by atoms with Crippen LogP contribution >= 0.6 is 11.3 Å². The van der Waals surface area contributed by atoms with E-state index in [-0.39, 0.29) is 6.04 Å². The maximum absolute atomic E-state index is 5.71. The molecule has 0 saturated heterocycles. The van der Waals surface area contributed by atoms with Gasteiger partial charge in [-0.2, -0.15) is 11.3 Å². The SMILES string of the molecule is Cc1cc(C)c(C(NN)c2ccsc2)cc1C. The van der Waals surface area contributed by atoms with E-state index < -0.39 is 0 Å². The molecule has 90 valence electrons. The van der Waals surface area contributed by atoms with Crippen molar-refractivity contribution < 1.29 is 0 Å². The van der Waals surface area contributed by atoms with Crippen LogP contribution in [0.5, 0.6) is 0 Å². The van der Waals surface area contributed by atoms with Crippen LogP contribution in [0.15, 0.2) is 29.0 Å². The van der Waals surface area contributed by atoms with Crippen LogP contribution < -0.4 is 11.3 Å². The highest BCUT2D eigenvalue weighted by Crippen LogP contribution is 2.27. The van der Waals surface area contributed by atoms with Gasteiger partial charge in [-0.1, -0.05) is 12.1 Å². The maximum atomic E-state index is 5.71. The van der Waals surface area contributed by atoms with E-state index in [0.29, 0.717) is 0 Å². The Balaban J connectivity index is 2.48. The molecule has 0 aliphatic heterocycles. The zero-order valence-corrected chi connectivity index (χ0v) is 11.3. The Morgan fingerprint density at radius 2 is 1.82 bits per heavy atom. The average Bonchev–Trinajstić information content (AvgIpc) is 2.80. The summed E-state index contributed by atoms with van der Waals surface area (Å²) in [5, 5.41) is 4.22. The maximum Gasteiger partial charge on any atom is 0.0720 e. The number of benzene rings is 1. The van der Waals surface area contributed by atoms with Crippen LogP contribution in [0.1, 0.15) is 33.9 Å². The van der Waals surface area contributed by atoms with Crippen molar-refractivity contribution in [2.24, 2.45) is 5.84 Å². The van der Waals surface area contributed by atoms with Gasteiger partial charge in [0.1, 0.15) is 0 Å². The summed E-state index contributed by atoms with van der Waals surface area (Å²) < 4.78 is 0. The summed E-state index contributed by atoms with van der Waals surface area (Å²) in [7, 11) is 0. The fourth-order valence-corrected chi connectivity index (χ4v) is 2.78. The van der Waals surface area contributed by atoms with E-state index in [1.807, 2.05) is 0 Å². The van der Waals surface area contributed by atoms with Gasteiger partial charge in [-0.3, -0.25) is 5.84 Å². The van der Waals surface area contributed by atoms with Crippen molar-refractivity contribution in [1.82, 2.24) is 5.43 Å².